The largest absolute Gasteiger partial charge is 0.478 e. The van der Waals surface area contributed by atoms with E-state index in [1.165, 1.54) is 18.2 Å². The van der Waals surface area contributed by atoms with Gasteiger partial charge in [-0.1, -0.05) is 0 Å². The second-order valence-electron chi connectivity index (χ2n) is 7.82. The van der Waals surface area contributed by atoms with Crippen LogP contribution in [0.4, 0.5) is 10.2 Å². The molecule has 1 fully saturated rings. The number of fused-ring (bicyclic) bond motifs is 1. The zero-order valence-electron chi connectivity index (χ0n) is 17.1. The van der Waals surface area contributed by atoms with E-state index in [1.54, 1.807) is 24.3 Å². The number of nitrogens with one attached hydrogen (secondary N) is 1. The van der Waals surface area contributed by atoms with Gasteiger partial charge in [-0.15, -0.1) is 0 Å². The molecule has 1 aromatic heterocycles. The zero-order chi connectivity index (χ0) is 21.3. The van der Waals surface area contributed by atoms with Crippen LogP contribution in [0.25, 0.3) is 22.3 Å². The van der Waals surface area contributed by atoms with Crippen molar-refractivity contribution in [2.45, 2.75) is 37.8 Å². The number of aromatic carboxylic acids is 1. The molecule has 156 valence electrons. The number of halogens is 1. The van der Waals surface area contributed by atoms with Crippen molar-refractivity contribution in [2.24, 2.45) is 0 Å². The first-order valence-corrected chi connectivity index (χ1v) is 10.2. The minimum atomic E-state index is -0.999. The summed E-state index contributed by atoms with van der Waals surface area (Å²) in [5.41, 5.74) is 2.76. The average molecular weight is 408 g/mol. The number of hydrogen-bond acceptors (Lipinski definition) is 5. The Bertz CT molecular complexity index is 1060. The number of rotatable bonds is 5. The minimum absolute atomic E-state index is 0.175. The van der Waals surface area contributed by atoms with Crippen LogP contribution in [0.5, 0.6) is 0 Å². The molecule has 0 aliphatic heterocycles. The molecule has 1 heterocycles. The van der Waals surface area contributed by atoms with Gasteiger partial charge in [0.25, 0.3) is 0 Å². The lowest BCUT2D eigenvalue weighted by Gasteiger charge is -2.36. The summed E-state index contributed by atoms with van der Waals surface area (Å²) in [6, 6.07) is 11.8. The minimum Gasteiger partial charge on any atom is -0.478 e. The fraction of sp³-hybridized carbons (Fsp3) is 0.348. The fourth-order valence-electron chi connectivity index (χ4n) is 4.15. The number of carboxylic acids is 1. The van der Waals surface area contributed by atoms with Crippen LogP contribution in [-0.2, 0) is 0 Å². The maximum Gasteiger partial charge on any atom is 0.335 e. The van der Waals surface area contributed by atoms with Crippen molar-refractivity contribution in [1.82, 2.24) is 15.3 Å². The van der Waals surface area contributed by atoms with E-state index in [9.17, 15) is 14.3 Å². The summed E-state index contributed by atoms with van der Waals surface area (Å²) in [5.74, 6) is -0.620. The van der Waals surface area contributed by atoms with Crippen LogP contribution in [0.2, 0.25) is 0 Å². The van der Waals surface area contributed by atoms with E-state index in [1.807, 2.05) is 14.1 Å². The quantitative estimate of drug-likeness (QED) is 0.662. The van der Waals surface area contributed by atoms with E-state index < -0.39 is 5.97 Å². The molecule has 1 saturated carbocycles. The standard InChI is InChI=1S/C23H25FN4O2/c1-25-17-8-10-18(11-9-17)28(2)22-21(14-3-6-16(24)7-4-14)26-19-12-5-15(23(29)30)13-20(19)27-22/h3-7,12-13,17-18,25H,8-11H2,1-2H3,(H,29,30). The molecule has 0 amide bonds. The van der Waals surface area contributed by atoms with Gasteiger partial charge in [0.2, 0.25) is 0 Å². The SMILES string of the molecule is CNC1CCC(N(C)c2nc3cc(C(=O)O)ccc3nc2-c2ccc(F)cc2)CC1. The van der Waals surface area contributed by atoms with Gasteiger partial charge in [-0.05, 0) is 75.2 Å². The summed E-state index contributed by atoms with van der Waals surface area (Å²) in [7, 11) is 4.00. The third-order valence-corrected chi connectivity index (χ3v) is 6.00. The van der Waals surface area contributed by atoms with Crippen molar-refractivity contribution in [3.05, 3.63) is 53.8 Å². The number of hydrogen-bond donors (Lipinski definition) is 2. The average Bonchev–Trinajstić information content (AvgIpc) is 2.78. The van der Waals surface area contributed by atoms with Crippen molar-refractivity contribution >= 4 is 22.8 Å². The molecule has 2 aromatic carbocycles. The Morgan fingerprint density at radius 2 is 1.77 bits per heavy atom. The van der Waals surface area contributed by atoms with Crippen LogP contribution < -0.4 is 10.2 Å². The Kier molecular flexibility index (Phi) is 5.63. The maximum absolute atomic E-state index is 13.5. The summed E-state index contributed by atoms with van der Waals surface area (Å²) >= 11 is 0. The van der Waals surface area contributed by atoms with E-state index in [0.29, 0.717) is 34.6 Å². The first-order valence-electron chi connectivity index (χ1n) is 10.2. The van der Waals surface area contributed by atoms with Crippen LogP contribution >= 0.6 is 0 Å². The van der Waals surface area contributed by atoms with Gasteiger partial charge in [-0.3, -0.25) is 0 Å². The summed E-state index contributed by atoms with van der Waals surface area (Å²) in [6.07, 6.45) is 4.22. The molecule has 4 rings (SSSR count). The molecule has 0 unspecified atom stereocenters. The summed E-state index contributed by atoms with van der Waals surface area (Å²) in [4.78, 5) is 23.1. The highest BCUT2D eigenvalue weighted by Gasteiger charge is 2.26. The molecule has 0 atom stereocenters. The maximum atomic E-state index is 13.5. The molecule has 30 heavy (non-hydrogen) atoms. The van der Waals surface area contributed by atoms with Gasteiger partial charge in [0.05, 0.1) is 16.6 Å². The Labute approximate surface area is 174 Å². The monoisotopic (exact) mass is 408 g/mol. The van der Waals surface area contributed by atoms with E-state index in [-0.39, 0.29) is 11.4 Å². The van der Waals surface area contributed by atoms with E-state index in [0.717, 1.165) is 31.2 Å². The molecule has 2 N–H and O–H groups in total. The van der Waals surface area contributed by atoms with Gasteiger partial charge >= 0.3 is 5.97 Å². The second kappa shape index (κ2) is 8.36. The van der Waals surface area contributed by atoms with Crippen molar-refractivity contribution in [1.29, 1.82) is 0 Å². The number of anilines is 1. The van der Waals surface area contributed by atoms with E-state index in [2.05, 4.69) is 10.2 Å². The Balaban J connectivity index is 1.80. The molecular weight excluding hydrogens is 383 g/mol. The molecule has 0 bridgehead atoms. The van der Waals surface area contributed by atoms with Crippen LogP contribution in [0.15, 0.2) is 42.5 Å². The summed E-state index contributed by atoms with van der Waals surface area (Å²) in [5, 5.41) is 12.7. The van der Waals surface area contributed by atoms with Crippen molar-refractivity contribution < 1.29 is 14.3 Å². The Hall–Kier alpha value is -3.06. The van der Waals surface area contributed by atoms with Crippen LogP contribution in [-0.4, -0.2) is 47.2 Å². The molecule has 3 aromatic rings. The van der Waals surface area contributed by atoms with Crippen LogP contribution in [0.1, 0.15) is 36.0 Å². The molecule has 0 saturated heterocycles. The number of benzene rings is 2. The highest BCUT2D eigenvalue weighted by atomic mass is 19.1. The van der Waals surface area contributed by atoms with Crippen molar-refractivity contribution in [3.8, 4) is 11.3 Å². The van der Waals surface area contributed by atoms with E-state index in [4.69, 9.17) is 9.97 Å². The predicted molar refractivity (Wildman–Crippen MR) is 115 cm³/mol. The molecular formula is C23H25FN4O2. The van der Waals surface area contributed by atoms with Gasteiger partial charge in [0, 0.05) is 24.7 Å². The molecule has 7 heteroatoms. The van der Waals surface area contributed by atoms with Crippen molar-refractivity contribution in [3.63, 3.8) is 0 Å². The third kappa shape index (κ3) is 3.98. The predicted octanol–water partition coefficient (Wildman–Crippen LogP) is 4.10. The summed E-state index contributed by atoms with van der Waals surface area (Å²) in [6.45, 7) is 0. The number of nitrogens with zero attached hydrogens (tertiary/aromatic N) is 3. The second-order valence-corrected chi connectivity index (χ2v) is 7.82. The van der Waals surface area contributed by atoms with Crippen LogP contribution in [0, 0.1) is 5.82 Å². The molecule has 0 radical (unpaired) electrons. The highest BCUT2D eigenvalue weighted by Crippen LogP contribution is 2.33. The lowest BCUT2D eigenvalue weighted by atomic mass is 9.90. The van der Waals surface area contributed by atoms with Gasteiger partial charge < -0.3 is 15.3 Å². The highest BCUT2D eigenvalue weighted by molar-refractivity contribution is 5.93. The number of carbonyl (C=O) groups is 1. The Morgan fingerprint density at radius 1 is 1.07 bits per heavy atom. The molecule has 6 nitrogen and oxygen atoms in total. The first-order chi connectivity index (χ1) is 14.5. The van der Waals surface area contributed by atoms with Gasteiger partial charge in [0.1, 0.15) is 11.5 Å². The summed E-state index contributed by atoms with van der Waals surface area (Å²) < 4.78 is 13.5. The third-order valence-electron chi connectivity index (χ3n) is 6.00. The van der Waals surface area contributed by atoms with Gasteiger partial charge in [-0.25, -0.2) is 19.2 Å². The molecule has 0 spiro atoms. The normalized spacial score (nSPS) is 19.0. The molecule has 1 aliphatic rings. The van der Waals surface area contributed by atoms with Gasteiger partial charge in [0.15, 0.2) is 5.82 Å². The van der Waals surface area contributed by atoms with Gasteiger partial charge in [-0.2, -0.15) is 0 Å². The number of aromatic nitrogens is 2. The first kappa shape index (κ1) is 20.2. The van der Waals surface area contributed by atoms with Crippen LogP contribution in [0.3, 0.4) is 0 Å². The Morgan fingerprint density at radius 3 is 2.40 bits per heavy atom. The smallest absolute Gasteiger partial charge is 0.335 e. The molecule has 1 aliphatic carbocycles. The lowest BCUT2D eigenvalue weighted by molar-refractivity contribution is 0.0697. The van der Waals surface area contributed by atoms with Crippen molar-refractivity contribution in [2.75, 3.05) is 19.0 Å². The van der Waals surface area contributed by atoms with E-state index >= 15 is 0 Å². The topological polar surface area (TPSA) is 78.4 Å². The lowest BCUT2D eigenvalue weighted by Crippen LogP contribution is -2.40. The fourth-order valence-corrected chi connectivity index (χ4v) is 4.15. The zero-order valence-corrected chi connectivity index (χ0v) is 17.1. The number of carboxylic acid groups (broad SMARTS) is 1.